The quantitative estimate of drug-likeness (QED) is 0.564. The Morgan fingerprint density at radius 3 is 2.71 bits per heavy atom. The minimum absolute atomic E-state index is 0.00408. The molecular formula is C22H26N2O3S. The standard InChI is InChI=1S/C22H26N2O3S/c1-2-28-20-8-4-3-7-19(20)22(26)23-16-17-11-13-24(14-12-17)21(25)10-9-18-6-5-15-27-18/h3-10,15,17H,2,11-14,16H2,1H3,(H,23,26)/b10-9+. The van der Waals surface area contributed by atoms with E-state index in [1.165, 1.54) is 0 Å². The highest BCUT2D eigenvalue weighted by Crippen LogP contribution is 2.22. The summed E-state index contributed by atoms with van der Waals surface area (Å²) in [5.41, 5.74) is 0.741. The number of hydrogen-bond acceptors (Lipinski definition) is 4. The molecule has 0 aliphatic carbocycles. The Bertz CT molecular complexity index is 809. The van der Waals surface area contributed by atoms with E-state index in [9.17, 15) is 9.59 Å². The molecule has 2 amide bonds. The number of nitrogens with one attached hydrogen (secondary N) is 1. The highest BCUT2D eigenvalue weighted by atomic mass is 32.2. The van der Waals surface area contributed by atoms with E-state index in [-0.39, 0.29) is 11.8 Å². The lowest BCUT2D eigenvalue weighted by molar-refractivity contribution is -0.127. The number of amides is 2. The van der Waals surface area contributed by atoms with Gasteiger partial charge in [-0.05, 0) is 54.9 Å². The summed E-state index contributed by atoms with van der Waals surface area (Å²) in [5, 5.41) is 3.07. The zero-order valence-corrected chi connectivity index (χ0v) is 16.9. The van der Waals surface area contributed by atoms with Crippen molar-refractivity contribution in [1.29, 1.82) is 0 Å². The van der Waals surface area contributed by atoms with Crippen LogP contribution in [-0.2, 0) is 4.79 Å². The summed E-state index contributed by atoms with van der Waals surface area (Å²) in [5.74, 6) is 1.99. The second-order valence-corrected chi connectivity index (χ2v) is 8.06. The van der Waals surface area contributed by atoms with Gasteiger partial charge in [0, 0.05) is 30.6 Å². The number of carbonyl (C=O) groups excluding carboxylic acids is 2. The van der Waals surface area contributed by atoms with Gasteiger partial charge in [0.05, 0.1) is 11.8 Å². The summed E-state index contributed by atoms with van der Waals surface area (Å²) in [6.07, 6.45) is 6.63. The normalized spacial score (nSPS) is 15.1. The van der Waals surface area contributed by atoms with Gasteiger partial charge in [-0.1, -0.05) is 19.1 Å². The lowest BCUT2D eigenvalue weighted by Crippen LogP contribution is -2.41. The van der Waals surface area contributed by atoms with E-state index >= 15 is 0 Å². The van der Waals surface area contributed by atoms with Crippen LogP contribution in [0.25, 0.3) is 6.08 Å². The molecule has 5 nitrogen and oxygen atoms in total. The first-order valence-corrected chi connectivity index (χ1v) is 10.7. The van der Waals surface area contributed by atoms with Crippen LogP contribution < -0.4 is 5.32 Å². The molecule has 2 aromatic rings. The van der Waals surface area contributed by atoms with Crippen molar-refractivity contribution in [1.82, 2.24) is 10.2 Å². The third kappa shape index (κ3) is 5.52. The number of piperidine rings is 1. The lowest BCUT2D eigenvalue weighted by Gasteiger charge is -2.31. The van der Waals surface area contributed by atoms with E-state index < -0.39 is 0 Å². The molecule has 1 aliphatic heterocycles. The highest BCUT2D eigenvalue weighted by molar-refractivity contribution is 7.99. The fourth-order valence-electron chi connectivity index (χ4n) is 3.27. The van der Waals surface area contributed by atoms with Crippen molar-refractivity contribution in [2.45, 2.75) is 24.7 Å². The number of furan rings is 1. The maximum absolute atomic E-state index is 12.5. The Labute approximate surface area is 170 Å². The molecule has 3 rings (SSSR count). The molecule has 1 N–H and O–H groups in total. The van der Waals surface area contributed by atoms with Gasteiger partial charge in [-0.15, -0.1) is 11.8 Å². The number of likely N-dealkylation sites (tertiary alicyclic amines) is 1. The average molecular weight is 399 g/mol. The Kier molecular flexibility index (Phi) is 7.37. The van der Waals surface area contributed by atoms with Gasteiger partial charge < -0.3 is 14.6 Å². The zero-order valence-electron chi connectivity index (χ0n) is 16.1. The van der Waals surface area contributed by atoms with Crippen LogP contribution in [0.5, 0.6) is 0 Å². The predicted octanol–water partition coefficient (Wildman–Crippen LogP) is 4.07. The van der Waals surface area contributed by atoms with Crippen molar-refractivity contribution in [2.75, 3.05) is 25.4 Å². The van der Waals surface area contributed by atoms with Crippen LogP contribution in [0.4, 0.5) is 0 Å². The Balaban J connectivity index is 1.44. The van der Waals surface area contributed by atoms with Crippen LogP contribution in [0, 0.1) is 5.92 Å². The number of carbonyl (C=O) groups is 2. The molecule has 1 saturated heterocycles. The van der Waals surface area contributed by atoms with Crippen molar-refractivity contribution in [3.8, 4) is 0 Å². The second kappa shape index (κ2) is 10.2. The Morgan fingerprint density at radius 1 is 1.21 bits per heavy atom. The van der Waals surface area contributed by atoms with Crippen LogP contribution in [0.3, 0.4) is 0 Å². The fraction of sp³-hybridized carbons (Fsp3) is 0.364. The molecule has 0 spiro atoms. The largest absolute Gasteiger partial charge is 0.465 e. The number of nitrogens with zero attached hydrogens (tertiary/aromatic N) is 1. The van der Waals surface area contributed by atoms with Gasteiger partial charge in [-0.2, -0.15) is 0 Å². The van der Waals surface area contributed by atoms with Crippen LogP contribution in [0.1, 0.15) is 35.9 Å². The first-order valence-electron chi connectivity index (χ1n) is 9.68. The molecule has 0 bridgehead atoms. The molecule has 2 heterocycles. The maximum Gasteiger partial charge on any atom is 0.252 e. The summed E-state index contributed by atoms with van der Waals surface area (Å²) in [4.78, 5) is 27.7. The van der Waals surface area contributed by atoms with Crippen LogP contribution in [0.2, 0.25) is 0 Å². The molecule has 0 atom stereocenters. The maximum atomic E-state index is 12.5. The van der Waals surface area contributed by atoms with Crippen LogP contribution >= 0.6 is 11.8 Å². The molecule has 148 valence electrons. The SMILES string of the molecule is CCSc1ccccc1C(=O)NCC1CCN(C(=O)/C=C/c2ccco2)CC1. The smallest absolute Gasteiger partial charge is 0.252 e. The molecule has 1 aliphatic rings. The second-order valence-electron chi connectivity index (χ2n) is 6.76. The summed E-state index contributed by atoms with van der Waals surface area (Å²) in [7, 11) is 0. The van der Waals surface area contributed by atoms with Crippen molar-refractivity contribution in [3.05, 3.63) is 60.1 Å². The van der Waals surface area contributed by atoms with E-state index in [2.05, 4.69) is 12.2 Å². The zero-order chi connectivity index (χ0) is 19.8. The van der Waals surface area contributed by atoms with Gasteiger partial charge in [-0.25, -0.2) is 0 Å². The van der Waals surface area contributed by atoms with E-state index in [0.29, 0.717) is 31.3 Å². The van der Waals surface area contributed by atoms with Gasteiger partial charge in [-0.3, -0.25) is 9.59 Å². The number of thioether (sulfide) groups is 1. The fourth-order valence-corrected chi connectivity index (χ4v) is 4.07. The molecule has 1 aromatic heterocycles. The summed E-state index contributed by atoms with van der Waals surface area (Å²) in [6.45, 7) is 4.15. The first-order chi connectivity index (χ1) is 13.7. The first kappa shape index (κ1) is 20.3. The van der Waals surface area contributed by atoms with E-state index in [4.69, 9.17) is 4.42 Å². The molecular weight excluding hydrogens is 372 g/mol. The molecule has 6 heteroatoms. The van der Waals surface area contributed by atoms with E-state index in [0.717, 1.165) is 29.1 Å². The molecule has 0 saturated carbocycles. The minimum atomic E-state index is -0.0172. The topological polar surface area (TPSA) is 62.6 Å². The van der Waals surface area contributed by atoms with Gasteiger partial charge in [0.1, 0.15) is 5.76 Å². The molecule has 0 radical (unpaired) electrons. The van der Waals surface area contributed by atoms with Gasteiger partial charge in [0.2, 0.25) is 5.91 Å². The molecule has 28 heavy (non-hydrogen) atoms. The average Bonchev–Trinajstić information content (AvgIpc) is 3.25. The van der Waals surface area contributed by atoms with Crippen molar-refractivity contribution >= 4 is 29.7 Å². The van der Waals surface area contributed by atoms with Gasteiger partial charge in [0.15, 0.2) is 0 Å². The predicted molar refractivity (Wildman–Crippen MR) is 112 cm³/mol. The number of rotatable bonds is 7. The third-order valence-corrected chi connectivity index (χ3v) is 5.80. The third-order valence-electron chi connectivity index (χ3n) is 4.84. The summed E-state index contributed by atoms with van der Waals surface area (Å²) in [6, 6.07) is 11.3. The summed E-state index contributed by atoms with van der Waals surface area (Å²) < 4.78 is 5.20. The monoisotopic (exact) mass is 398 g/mol. The molecule has 1 fully saturated rings. The van der Waals surface area contributed by atoms with E-state index in [1.807, 2.05) is 35.2 Å². The van der Waals surface area contributed by atoms with Gasteiger partial charge >= 0.3 is 0 Å². The lowest BCUT2D eigenvalue weighted by atomic mass is 9.96. The van der Waals surface area contributed by atoms with Crippen molar-refractivity contribution < 1.29 is 14.0 Å². The van der Waals surface area contributed by atoms with Gasteiger partial charge in [0.25, 0.3) is 5.91 Å². The molecule has 1 aromatic carbocycles. The van der Waals surface area contributed by atoms with Crippen LogP contribution in [0.15, 0.2) is 58.1 Å². The Morgan fingerprint density at radius 2 is 2.00 bits per heavy atom. The summed E-state index contributed by atoms with van der Waals surface area (Å²) >= 11 is 1.68. The van der Waals surface area contributed by atoms with Crippen molar-refractivity contribution in [2.24, 2.45) is 5.92 Å². The molecule has 0 unspecified atom stereocenters. The number of benzene rings is 1. The minimum Gasteiger partial charge on any atom is -0.465 e. The number of hydrogen-bond donors (Lipinski definition) is 1. The van der Waals surface area contributed by atoms with Crippen LogP contribution in [-0.4, -0.2) is 42.1 Å². The highest BCUT2D eigenvalue weighted by Gasteiger charge is 2.22. The van der Waals surface area contributed by atoms with Crippen molar-refractivity contribution in [3.63, 3.8) is 0 Å². The Hall–Kier alpha value is -2.47. The van der Waals surface area contributed by atoms with E-state index in [1.54, 1.807) is 36.2 Å².